The SMILES string of the molecule is Cc1cccc(OCC(=O)NCCc2c(C)nn(-c3ccccn3)c2C)c1. The largest absolute Gasteiger partial charge is 0.484 e. The Kier molecular flexibility index (Phi) is 5.86. The second kappa shape index (κ2) is 8.49. The van der Waals surface area contributed by atoms with Crippen LogP contribution in [0.3, 0.4) is 0 Å². The Balaban J connectivity index is 1.53. The Morgan fingerprint density at radius 2 is 2.00 bits per heavy atom. The van der Waals surface area contributed by atoms with E-state index < -0.39 is 0 Å². The third-order valence-corrected chi connectivity index (χ3v) is 4.36. The van der Waals surface area contributed by atoms with Gasteiger partial charge in [0, 0.05) is 18.4 Å². The maximum absolute atomic E-state index is 12.0. The molecule has 0 spiro atoms. The standard InChI is InChI=1S/C21H24N4O2/c1-15-7-6-8-18(13-15)27-14-21(26)23-12-10-19-16(2)24-25(17(19)3)20-9-4-5-11-22-20/h4-9,11,13H,10,12,14H2,1-3H3,(H,23,26). The van der Waals surface area contributed by atoms with Gasteiger partial charge in [0.2, 0.25) is 0 Å². The van der Waals surface area contributed by atoms with Crippen LogP contribution in [-0.4, -0.2) is 33.8 Å². The summed E-state index contributed by atoms with van der Waals surface area (Å²) < 4.78 is 7.36. The van der Waals surface area contributed by atoms with Crippen molar-refractivity contribution < 1.29 is 9.53 Å². The van der Waals surface area contributed by atoms with Gasteiger partial charge >= 0.3 is 0 Å². The molecule has 0 fully saturated rings. The number of pyridine rings is 1. The molecule has 1 amide bonds. The molecular weight excluding hydrogens is 340 g/mol. The maximum Gasteiger partial charge on any atom is 0.257 e. The molecule has 3 aromatic rings. The van der Waals surface area contributed by atoms with Gasteiger partial charge in [0.05, 0.1) is 5.69 Å². The van der Waals surface area contributed by atoms with Gasteiger partial charge in [0.1, 0.15) is 5.75 Å². The van der Waals surface area contributed by atoms with Crippen LogP contribution in [0, 0.1) is 20.8 Å². The van der Waals surface area contributed by atoms with Crippen molar-refractivity contribution in [3.05, 3.63) is 71.2 Å². The van der Waals surface area contributed by atoms with Crippen LogP contribution in [0.5, 0.6) is 5.75 Å². The first kappa shape index (κ1) is 18.6. The van der Waals surface area contributed by atoms with Crippen molar-refractivity contribution in [2.24, 2.45) is 0 Å². The van der Waals surface area contributed by atoms with Gasteiger partial charge in [-0.25, -0.2) is 9.67 Å². The van der Waals surface area contributed by atoms with Crippen LogP contribution >= 0.6 is 0 Å². The van der Waals surface area contributed by atoms with Gasteiger partial charge in [-0.1, -0.05) is 18.2 Å². The van der Waals surface area contributed by atoms with E-state index in [-0.39, 0.29) is 12.5 Å². The molecule has 2 heterocycles. The number of ether oxygens (including phenoxy) is 1. The van der Waals surface area contributed by atoms with E-state index in [4.69, 9.17) is 4.74 Å². The van der Waals surface area contributed by atoms with E-state index in [1.807, 2.05) is 67.9 Å². The summed E-state index contributed by atoms with van der Waals surface area (Å²) in [6.45, 7) is 6.53. The van der Waals surface area contributed by atoms with Crippen molar-refractivity contribution in [2.75, 3.05) is 13.2 Å². The van der Waals surface area contributed by atoms with E-state index in [1.54, 1.807) is 6.20 Å². The van der Waals surface area contributed by atoms with Gasteiger partial charge < -0.3 is 10.1 Å². The Morgan fingerprint density at radius 3 is 2.74 bits per heavy atom. The minimum Gasteiger partial charge on any atom is -0.484 e. The number of nitrogens with zero attached hydrogens (tertiary/aromatic N) is 3. The number of carbonyl (C=O) groups is 1. The van der Waals surface area contributed by atoms with Crippen LogP contribution in [0.25, 0.3) is 5.82 Å². The van der Waals surface area contributed by atoms with Crippen molar-refractivity contribution >= 4 is 5.91 Å². The fourth-order valence-electron chi connectivity index (χ4n) is 2.97. The second-order valence-electron chi connectivity index (χ2n) is 6.45. The van der Waals surface area contributed by atoms with E-state index in [2.05, 4.69) is 15.4 Å². The lowest BCUT2D eigenvalue weighted by Gasteiger charge is -2.08. The number of aromatic nitrogens is 3. The van der Waals surface area contributed by atoms with E-state index in [0.717, 1.165) is 28.3 Å². The summed E-state index contributed by atoms with van der Waals surface area (Å²) in [5, 5.41) is 7.48. The zero-order chi connectivity index (χ0) is 19.2. The monoisotopic (exact) mass is 364 g/mol. The smallest absolute Gasteiger partial charge is 0.257 e. The highest BCUT2D eigenvalue weighted by Gasteiger charge is 2.13. The molecule has 0 unspecified atom stereocenters. The zero-order valence-electron chi connectivity index (χ0n) is 15.9. The van der Waals surface area contributed by atoms with Crippen molar-refractivity contribution in [3.8, 4) is 11.6 Å². The van der Waals surface area contributed by atoms with E-state index in [9.17, 15) is 4.79 Å². The summed E-state index contributed by atoms with van der Waals surface area (Å²) in [4.78, 5) is 16.4. The van der Waals surface area contributed by atoms with E-state index in [0.29, 0.717) is 18.7 Å². The van der Waals surface area contributed by atoms with Gasteiger partial charge in [-0.2, -0.15) is 5.10 Å². The molecule has 0 aliphatic heterocycles. The first-order valence-corrected chi connectivity index (χ1v) is 8.97. The molecule has 0 bridgehead atoms. The highest BCUT2D eigenvalue weighted by molar-refractivity contribution is 5.77. The summed E-state index contributed by atoms with van der Waals surface area (Å²) in [7, 11) is 0. The molecule has 6 heteroatoms. The number of hydrogen-bond donors (Lipinski definition) is 1. The van der Waals surface area contributed by atoms with Crippen LogP contribution < -0.4 is 10.1 Å². The minimum absolute atomic E-state index is 0.00855. The topological polar surface area (TPSA) is 69.0 Å². The third-order valence-electron chi connectivity index (χ3n) is 4.36. The fraction of sp³-hybridized carbons (Fsp3) is 0.286. The Bertz CT molecular complexity index is 919. The van der Waals surface area contributed by atoms with Crippen molar-refractivity contribution in [3.63, 3.8) is 0 Å². The van der Waals surface area contributed by atoms with Crippen LogP contribution in [0.2, 0.25) is 0 Å². The quantitative estimate of drug-likeness (QED) is 0.700. The van der Waals surface area contributed by atoms with Crippen LogP contribution in [0.1, 0.15) is 22.5 Å². The van der Waals surface area contributed by atoms with Crippen LogP contribution in [0.4, 0.5) is 0 Å². The Labute approximate surface area is 159 Å². The number of hydrogen-bond acceptors (Lipinski definition) is 4. The van der Waals surface area contributed by atoms with Crippen LogP contribution in [-0.2, 0) is 11.2 Å². The molecule has 0 saturated carbocycles. The summed E-state index contributed by atoms with van der Waals surface area (Å²) in [5.74, 6) is 1.36. The number of amides is 1. The molecule has 0 aliphatic rings. The van der Waals surface area contributed by atoms with Gasteiger partial charge in [-0.05, 0) is 62.6 Å². The molecular formula is C21H24N4O2. The minimum atomic E-state index is -0.135. The van der Waals surface area contributed by atoms with Crippen molar-refractivity contribution in [1.82, 2.24) is 20.1 Å². The molecule has 0 atom stereocenters. The van der Waals surface area contributed by atoms with Crippen molar-refractivity contribution in [2.45, 2.75) is 27.2 Å². The Hall–Kier alpha value is -3.15. The average molecular weight is 364 g/mol. The predicted molar refractivity (Wildman–Crippen MR) is 104 cm³/mol. The molecule has 6 nitrogen and oxygen atoms in total. The summed E-state index contributed by atoms with van der Waals surface area (Å²) in [6.07, 6.45) is 2.46. The van der Waals surface area contributed by atoms with E-state index in [1.165, 1.54) is 0 Å². The highest BCUT2D eigenvalue weighted by atomic mass is 16.5. The van der Waals surface area contributed by atoms with Crippen LogP contribution in [0.15, 0.2) is 48.7 Å². The molecule has 0 radical (unpaired) electrons. The number of nitrogens with one attached hydrogen (secondary N) is 1. The van der Waals surface area contributed by atoms with Crippen molar-refractivity contribution in [1.29, 1.82) is 0 Å². The number of carbonyl (C=O) groups excluding carboxylic acids is 1. The second-order valence-corrected chi connectivity index (χ2v) is 6.45. The first-order chi connectivity index (χ1) is 13.0. The fourth-order valence-corrected chi connectivity index (χ4v) is 2.97. The average Bonchev–Trinajstić information content (AvgIpc) is 2.95. The summed E-state index contributed by atoms with van der Waals surface area (Å²) >= 11 is 0. The molecule has 1 aromatic carbocycles. The normalized spacial score (nSPS) is 10.6. The third kappa shape index (κ3) is 4.73. The molecule has 2 aromatic heterocycles. The van der Waals surface area contributed by atoms with Gasteiger partial charge in [-0.15, -0.1) is 0 Å². The summed E-state index contributed by atoms with van der Waals surface area (Å²) in [6, 6.07) is 13.4. The lowest BCUT2D eigenvalue weighted by molar-refractivity contribution is -0.123. The molecule has 1 N–H and O–H groups in total. The number of aryl methyl sites for hydroxylation is 2. The highest BCUT2D eigenvalue weighted by Crippen LogP contribution is 2.17. The predicted octanol–water partition coefficient (Wildman–Crippen LogP) is 2.93. The molecule has 0 saturated heterocycles. The summed E-state index contributed by atoms with van der Waals surface area (Å²) in [5.41, 5.74) is 4.21. The lowest BCUT2D eigenvalue weighted by Crippen LogP contribution is -2.30. The zero-order valence-corrected chi connectivity index (χ0v) is 15.9. The van der Waals surface area contributed by atoms with E-state index >= 15 is 0 Å². The molecule has 0 aliphatic carbocycles. The molecule has 27 heavy (non-hydrogen) atoms. The van der Waals surface area contributed by atoms with Gasteiger partial charge in [0.15, 0.2) is 12.4 Å². The number of benzene rings is 1. The maximum atomic E-state index is 12.0. The Morgan fingerprint density at radius 1 is 1.15 bits per heavy atom. The first-order valence-electron chi connectivity index (χ1n) is 8.97. The lowest BCUT2D eigenvalue weighted by atomic mass is 10.1. The van der Waals surface area contributed by atoms with Gasteiger partial charge in [0.25, 0.3) is 5.91 Å². The molecule has 140 valence electrons. The van der Waals surface area contributed by atoms with Gasteiger partial charge in [-0.3, -0.25) is 4.79 Å². The molecule has 3 rings (SSSR count). The number of rotatable bonds is 7.